The van der Waals surface area contributed by atoms with Crippen LogP contribution in [0.3, 0.4) is 0 Å². The smallest absolute Gasteiger partial charge is 0.258 e. The summed E-state index contributed by atoms with van der Waals surface area (Å²) < 4.78 is 1.83. The minimum absolute atomic E-state index is 0.181. The maximum absolute atomic E-state index is 12.7. The molecule has 3 aromatic rings. The van der Waals surface area contributed by atoms with Gasteiger partial charge in [0.15, 0.2) is 10.8 Å². The molecule has 0 spiro atoms. The van der Waals surface area contributed by atoms with Crippen molar-refractivity contribution >= 4 is 33.4 Å². The Hall–Kier alpha value is -2.28. The highest BCUT2D eigenvalue weighted by Gasteiger charge is 2.18. The SMILES string of the molecule is Cc1cc(C(=O)Nc2nc(C(C)C)cs2)c2cnn(C(C)C)c2n1. The summed E-state index contributed by atoms with van der Waals surface area (Å²) in [5, 5.41) is 10.6. The minimum atomic E-state index is -0.182. The Morgan fingerprint density at radius 2 is 2.00 bits per heavy atom. The number of pyridine rings is 1. The van der Waals surface area contributed by atoms with E-state index in [9.17, 15) is 4.79 Å². The first kappa shape index (κ1) is 16.6. The third kappa shape index (κ3) is 3.03. The van der Waals surface area contributed by atoms with Crippen LogP contribution in [0, 0.1) is 6.92 Å². The van der Waals surface area contributed by atoms with Gasteiger partial charge in [-0.2, -0.15) is 5.10 Å². The van der Waals surface area contributed by atoms with Crippen molar-refractivity contribution in [2.45, 2.75) is 46.6 Å². The van der Waals surface area contributed by atoms with Gasteiger partial charge in [-0.05, 0) is 32.8 Å². The van der Waals surface area contributed by atoms with Crippen LogP contribution in [0.1, 0.15) is 61.4 Å². The number of rotatable bonds is 4. The monoisotopic (exact) mass is 343 g/mol. The van der Waals surface area contributed by atoms with Gasteiger partial charge in [0.25, 0.3) is 5.91 Å². The zero-order chi connectivity index (χ0) is 17.4. The molecular weight excluding hydrogens is 322 g/mol. The van der Waals surface area contributed by atoms with Crippen LogP contribution in [0.5, 0.6) is 0 Å². The molecule has 0 saturated heterocycles. The number of thiazole rings is 1. The standard InChI is InChI=1S/C17H21N5OS/c1-9(2)14-8-24-17(20-14)21-16(23)12-6-11(5)19-15-13(12)7-18-22(15)10(3)4/h6-10H,1-5H3,(H,20,21,23). The molecule has 6 nitrogen and oxygen atoms in total. The Labute approximate surface area is 144 Å². The van der Waals surface area contributed by atoms with Gasteiger partial charge in [-0.3, -0.25) is 10.1 Å². The van der Waals surface area contributed by atoms with Crippen molar-refractivity contribution in [1.29, 1.82) is 0 Å². The highest BCUT2D eigenvalue weighted by molar-refractivity contribution is 7.14. The molecule has 0 aliphatic heterocycles. The van der Waals surface area contributed by atoms with Crippen LogP contribution < -0.4 is 5.32 Å². The van der Waals surface area contributed by atoms with Gasteiger partial charge in [-0.25, -0.2) is 14.6 Å². The van der Waals surface area contributed by atoms with E-state index in [2.05, 4.69) is 34.2 Å². The first-order valence-electron chi connectivity index (χ1n) is 7.98. The second-order valence-corrected chi connectivity index (χ2v) is 7.28. The van der Waals surface area contributed by atoms with Crippen LogP contribution in [0.2, 0.25) is 0 Å². The fourth-order valence-electron chi connectivity index (χ4n) is 2.48. The average molecular weight is 343 g/mol. The van der Waals surface area contributed by atoms with E-state index in [-0.39, 0.29) is 11.9 Å². The van der Waals surface area contributed by atoms with Crippen molar-refractivity contribution in [3.8, 4) is 0 Å². The molecule has 3 heterocycles. The molecule has 0 fully saturated rings. The molecule has 0 aromatic carbocycles. The minimum Gasteiger partial charge on any atom is -0.298 e. The van der Waals surface area contributed by atoms with Crippen molar-refractivity contribution in [3.63, 3.8) is 0 Å². The Bertz CT molecular complexity index is 894. The summed E-state index contributed by atoms with van der Waals surface area (Å²) in [6.07, 6.45) is 1.71. The molecule has 0 bridgehead atoms. The lowest BCUT2D eigenvalue weighted by Crippen LogP contribution is -2.13. The zero-order valence-electron chi connectivity index (χ0n) is 14.5. The number of hydrogen-bond acceptors (Lipinski definition) is 5. The summed E-state index contributed by atoms with van der Waals surface area (Å²) in [6, 6.07) is 1.97. The van der Waals surface area contributed by atoms with E-state index >= 15 is 0 Å². The summed E-state index contributed by atoms with van der Waals surface area (Å²) in [7, 11) is 0. The molecule has 0 radical (unpaired) electrons. The van der Waals surface area contributed by atoms with Crippen LogP contribution in [0.4, 0.5) is 5.13 Å². The van der Waals surface area contributed by atoms with Crippen molar-refractivity contribution in [1.82, 2.24) is 19.7 Å². The number of aromatic nitrogens is 4. The lowest BCUT2D eigenvalue weighted by molar-refractivity contribution is 0.102. The number of hydrogen-bond donors (Lipinski definition) is 1. The van der Waals surface area contributed by atoms with E-state index in [0.717, 1.165) is 22.4 Å². The predicted molar refractivity (Wildman–Crippen MR) is 96.8 cm³/mol. The second-order valence-electron chi connectivity index (χ2n) is 6.42. The van der Waals surface area contributed by atoms with Crippen molar-refractivity contribution in [2.75, 3.05) is 5.32 Å². The maximum atomic E-state index is 12.7. The van der Waals surface area contributed by atoms with E-state index in [1.54, 1.807) is 12.3 Å². The number of carbonyl (C=O) groups is 1. The molecule has 1 N–H and O–H groups in total. The number of fused-ring (bicyclic) bond motifs is 1. The molecule has 126 valence electrons. The van der Waals surface area contributed by atoms with E-state index in [4.69, 9.17) is 0 Å². The molecular formula is C17H21N5OS. The van der Waals surface area contributed by atoms with Gasteiger partial charge in [-0.1, -0.05) is 13.8 Å². The molecule has 0 aliphatic rings. The Morgan fingerprint density at radius 3 is 2.62 bits per heavy atom. The third-order valence-corrected chi connectivity index (χ3v) is 4.54. The molecule has 0 saturated carbocycles. The molecule has 1 amide bonds. The number of nitrogens with zero attached hydrogens (tertiary/aromatic N) is 4. The van der Waals surface area contributed by atoms with E-state index < -0.39 is 0 Å². The molecule has 0 aliphatic carbocycles. The van der Waals surface area contributed by atoms with Gasteiger partial charge >= 0.3 is 0 Å². The van der Waals surface area contributed by atoms with Crippen LogP contribution in [-0.2, 0) is 0 Å². The van der Waals surface area contributed by atoms with Gasteiger partial charge in [0.05, 0.1) is 22.8 Å². The quantitative estimate of drug-likeness (QED) is 0.772. The summed E-state index contributed by atoms with van der Waals surface area (Å²) in [4.78, 5) is 21.7. The highest BCUT2D eigenvalue weighted by Crippen LogP contribution is 2.24. The largest absolute Gasteiger partial charge is 0.298 e. The predicted octanol–water partition coefficient (Wildman–Crippen LogP) is 4.15. The topological polar surface area (TPSA) is 72.7 Å². The van der Waals surface area contributed by atoms with Gasteiger partial charge in [0.2, 0.25) is 0 Å². The molecule has 7 heteroatoms. The van der Waals surface area contributed by atoms with Crippen molar-refractivity contribution < 1.29 is 4.79 Å². The van der Waals surface area contributed by atoms with Crippen LogP contribution >= 0.6 is 11.3 Å². The normalized spacial score (nSPS) is 11.6. The average Bonchev–Trinajstić information content (AvgIpc) is 3.12. The van der Waals surface area contributed by atoms with Crippen LogP contribution in [-0.4, -0.2) is 25.7 Å². The fourth-order valence-corrected chi connectivity index (χ4v) is 3.35. The number of nitrogens with one attached hydrogen (secondary N) is 1. The van der Waals surface area contributed by atoms with Gasteiger partial charge in [0, 0.05) is 17.1 Å². The van der Waals surface area contributed by atoms with E-state index in [0.29, 0.717) is 16.6 Å². The lowest BCUT2D eigenvalue weighted by atomic mass is 10.1. The first-order valence-corrected chi connectivity index (χ1v) is 8.86. The summed E-state index contributed by atoms with van der Waals surface area (Å²) in [5.41, 5.74) is 3.08. The Balaban J connectivity index is 1.97. The van der Waals surface area contributed by atoms with Gasteiger partial charge in [-0.15, -0.1) is 11.3 Å². The summed E-state index contributed by atoms with van der Waals surface area (Å²) >= 11 is 1.44. The fraction of sp³-hybridized carbons (Fsp3) is 0.412. The zero-order valence-corrected chi connectivity index (χ0v) is 15.3. The van der Waals surface area contributed by atoms with Crippen LogP contribution in [0.25, 0.3) is 11.0 Å². The lowest BCUT2D eigenvalue weighted by Gasteiger charge is -2.08. The molecule has 0 atom stereocenters. The number of amides is 1. The van der Waals surface area contributed by atoms with E-state index in [1.807, 2.05) is 30.8 Å². The Kier molecular flexibility index (Phi) is 4.36. The first-order chi connectivity index (χ1) is 11.4. The second kappa shape index (κ2) is 6.32. The van der Waals surface area contributed by atoms with Crippen molar-refractivity contribution in [3.05, 3.63) is 34.6 Å². The molecule has 0 unspecified atom stereocenters. The molecule has 3 rings (SSSR count). The summed E-state index contributed by atoms with van der Waals surface area (Å²) in [6.45, 7) is 10.1. The summed E-state index contributed by atoms with van der Waals surface area (Å²) in [5.74, 6) is 0.157. The number of carbonyl (C=O) groups excluding carboxylic acids is 1. The van der Waals surface area contributed by atoms with Crippen molar-refractivity contribution in [2.24, 2.45) is 0 Å². The molecule has 24 heavy (non-hydrogen) atoms. The van der Waals surface area contributed by atoms with Gasteiger partial charge < -0.3 is 0 Å². The van der Waals surface area contributed by atoms with Gasteiger partial charge in [0.1, 0.15) is 0 Å². The number of aryl methyl sites for hydroxylation is 1. The number of anilines is 1. The van der Waals surface area contributed by atoms with Crippen LogP contribution in [0.15, 0.2) is 17.6 Å². The Morgan fingerprint density at radius 1 is 1.25 bits per heavy atom. The molecule has 3 aromatic heterocycles. The van der Waals surface area contributed by atoms with E-state index in [1.165, 1.54) is 11.3 Å². The third-order valence-electron chi connectivity index (χ3n) is 3.76. The maximum Gasteiger partial charge on any atom is 0.258 e. The highest BCUT2D eigenvalue weighted by atomic mass is 32.1.